The zero-order valence-corrected chi connectivity index (χ0v) is 25.6. The molecule has 1 aromatic heterocycles. The van der Waals surface area contributed by atoms with Crippen molar-refractivity contribution in [1.29, 1.82) is 0 Å². The molecule has 6 aliphatic rings. The molecule has 1 aromatic rings. The molecule has 3 saturated carbocycles. The highest BCUT2D eigenvalue weighted by Gasteiger charge is 2.60. The maximum Gasteiger partial charge on any atom is 0.258 e. The summed E-state index contributed by atoms with van der Waals surface area (Å²) in [5.41, 5.74) is 1.13. The minimum Gasteiger partial charge on any atom is -0.369 e. The van der Waals surface area contributed by atoms with Crippen LogP contribution in [0, 0.1) is 17.8 Å². The lowest BCUT2D eigenvalue weighted by atomic mass is 9.63. The molecule has 3 aliphatic heterocycles. The van der Waals surface area contributed by atoms with Gasteiger partial charge in [-0.2, -0.15) is 0 Å². The van der Waals surface area contributed by atoms with E-state index in [1.165, 1.54) is 32.1 Å². The molecule has 0 radical (unpaired) electrons. The molecule has 4 heterocycles. The summed E-state index contributed by atoms with van der Waals surface area (Å²) in [4.78, 5) is 38.8. The standard InChI is InChI=1S/C34H48FN5O3/c1-38(18-13-23-9-4-5-14-36-23)34(42)26-21-40-30-24-10-3-2-8-22(24)11-12-28(30)43-33-29(37-15-19-39-16-6-7-17-39)27(35)20-25(31(33)40)32(26)41/h4-5,9,14,21-22,24-25,27-31,33,37H,2-3,6-8,10-13,15-20H2,1H3. The lowest BCUT2D eigenvalue weighted by molar-refractivity contribution is -0.215. The van der Waals surface area contributed by atoms with Crippen LogP contribution in [0.25, 0.3) is 0 Å². The largest absolute Gasteiger partial charge is 0.369 e. The first-order valence-corrected chi connectivity index (χ1v) is 16.9. The lowest BCUT2D eigenvalue weighted by Crippen LogP contribution is -2.74. The summed E-state index contributed by atoms with van der Waals surface area (Å²) in [6, 6.07) is 5.22. The van der Waals surface area contributed by atoms with Gasteiger partial charge in [0.15, 0.2) is 5.78 Å². The minimum absolute atomic E-state index is 0.00267. The van der Waals surface area contributed by atoms with E-state index in [2.05, 4.69) is 20.1 Å². The van der Waals surface area contributed by atoms with Gasteiger partial charge in [0, 0.05) is 57.1 Å². The van der Waals surface area contributed by atoms with Crippen LogP contribution in [0.3, 0.4) is 0 Å². The number of morpholine rings is 1. The Balaban J connectivity index is 1.16. The molecule has 0 bridgehead atoms. The number of ketones is 1. The van der Waals surface area contributed by atoms with Gasteiger partial charge in [0.1, 0.15) is 6.17 Å². The van der Waals surface area contributed by atoms with Crippen LogP contribution in [0.15, 0.2) is 36.2 Å². The third kappa shape index (κ3) is 5.66. The average molecular weight is 594 g/mol. The molecule has 3 aliphatic carbocycles. The average Bonchev–Trinajstić information content (AvgIpc) is 3.56. The van der Waals surface area contributed by atoms with Crippen molar-refractivity contribution in [2.45, 2.75) is 101 Å². The predicted octanol–water partition coefficient (Wildman–Crippen LogP) is 3.37. The fraction of sp³-hybridized carbons (Fsp3) is 0.735. The van der Waals surface area contributed by atoms with Crippen molar-refractivity contribution in [3.63, 3.8) is 0 Å². The Morgan fingerprint density at radius 3 is 2.77 bits per heavy atom. The monoisotopic (exact) mass is 593 g/mol. The third-order valence-corrected chi connectivity index (χ3v) is 11.5. The number of nitrogens with zero attached hydrogens (tertiary/aromatic N) is 4. The summed E-state index contributed by atoms with van der Waals surface area (Å²) >= 11 is 0. The molecule has 0 spiro atoms. The number of alkyl halides is 1. The molecule has 9 atom stereocenters. The highest BCUT2D eigenvalue weighted by molar-refractivity contribution is 6.20. The molecule has 9 unspecified atom stereocenters. The molecule has 7 rings (SSSR count). The maximum atomic E-state index is 16.1. The van der Waals surface area contributed by atoms with Crippen LogP contribution in [0.4, 0.5) is 4.39 Å². The smallest absolute Gasteiger partial charge is 0.258 e. The van der Waals surface area contributed by atoms with Crippen molar-refractivity contribution in [2.24, 2.45) is 17.8 Å². The highest BCUT2D eigenvalue weighted by atomic mass is 19.1. The highest BCUT2D eigenvalue weighted by Crippen LogP contribution is 2.51. The summed E-state index contributed by atoms with van der Waals surface area (Å²) in [6.07, 6.45) is 12.3. The summed E-state index contributed by atoms with van der Waals surface area (Å²) in [5.74, 6) is 0.0938. The van der Waals surface area contributed by atoms with Crippen LogP contribution in [0.2, 0.25) is 0 Å². The van der Waals surface area contributed by atoms with Crippen molar-refractivity contribution in [1.82, 2.24) is 25.0 Å². The first-order chi connectivity index (χ1) is 21.0. The topological polar surface area (TPSA) is 78.0 Å². The zero-order valence-electron chi connectivity index (χ0n) is 25.6. The normalized spacial score (nSPS) is 37.3. The van der Waals surface area contributed by atoms with Crippen LogP contribution < -0.4 is 5.32 Å². The molecule has 2 saturated heterocycles. The molecule has 0 aromatic carbocycles. The van der Waals surface area contributed by atoms with Gasteiger partial charge in [-0.05, 0) is 75.6 Å². The maximum absolute atomic E-state index is 16.1. The Morgan fingerprint density at radius 2 is 1.95 bits per heavy atom. The fourth-order valence-electron chi connectivity index (χ4n) is 9.33. The zero-order chi connectivity index (χ0) is 29.5. The van der Waals surface area contributed by atoms with E-state index in [9.17, 15) is 9.59 Å². The predicted molar refractivity (Wildman–Crippen MR) is 162 cm³/mol. The van der Waals surface area contributed by atoms with Gasteiger partial charge >= 0.3 is 0 Å². The number of halogens is 1. The number of pyridine rings is 1. The first kappa shape index (κ1) is 29.4. The van der Waals surface area contributed by atoms with Gasteiger partial charge < -0.3 is 24.8 Å². The van der Waals surface area contributed by atoms with E-state index in [1.807, 2.05) is 24.4 Å². The van der Waals surface area contributed by atoms with Crippen molar-refractivity contribution >= 4 is 11.7 Å². The third-order valence-electron chi connectivity index (χ3n) is 11.5. The number of amides is 1. The number of rotatable bonds is 8. The number of likely N-dealkylation sites (tertiary alicyclic amines) is 1. The summed E-state index contributed by atoms with van der Waals surface area (Å²) in [6.45, 7) is 4.32. The van der Waals surface area contributed by atoms with Gasteiger partial charge in [0.05, 0.1) is 35.9 Å². The summed E-state index contributed by atoms with van der Waals surface area (Å²) in [7, 11) is 1.76. The van der Waals surface area contributed by atoms with Crippen LogP contribution in [-0.2, 0) is 20.7 Å². The molecule has 43 heavy (non-hydrogen) atoms. The number of Topliss-reactive ketones (excluding diaryl/α,β-unsaturated/α-hetero) is 1. The Hall–Kier alpha value is -2.36. The molecule has 1 N–H and O–H groups in total. The van der Waals surface area contributed by atoms with Crippen LogP contribution in [0.1, 0.15) is 63.5 Å². The second-order valence-electron chi connectivity index (χ2n) is 13.9. The Labute approximate surface area is 255 Å². The number of nitrogens with one attached hydrogen (secondary N) is 1. The van der Waals surface area contributed by atoms with E-state index < -0.39 is 24.2 Å². The van der Waals surface area contributed by atoms with E-state index in [1.54, 1.807) is 18.1 Å². The van der Waals surface area contributed by atoms with Crippen molar-refractivity contribution in [3.8, 4) is 0 Å². The van der Waals surface area contributed by atoms with Crippen molar-refractivity contribution in [2.75, 3.05) is 39.8 Å². The van der Waals surface area contributed by atoms with Crippen molar-refractivity contribution < 1.29 is 18.7 Å². The Bertz CT molecular complexity index is 1190. The molecule has 5 fully saturated rings. The van der Waals surface area contributed by atoms with E-state index >= 15 is 4.39 Å². The van der Waals surface area contributed by atoms with Crippen LogP contribution in [-0.4, -0.2) is 108 Å². The number of carbonyl (C=O) groups excluding carboxylic acids is 2. The molecular weight excluding hydrogens is 545 g/mol. The Kier molecular flexibility index (Phi) is 8.58. The molecule has 9 heteroatoms. The minimum atomic E-state index is -1.20. The summed E-state index contributed by atoms with van der Waals surface area (Å²) in [5, 5.41) is 3.56. The van der Waals surface area contributed by atoms with E-state index in [4.69, 9.17) is 4.74 Å². The van der Waals surface area contributed by atoms with E-state index in [0.717, 1.165) is 51.1 Å². The molecular formula is C34H48FN5O3. The van der Waals surface area contributed by atoms with Crippen LogP contribution in [0.5, 0.6) is 0 Å². The van der Waals surface area contributed by atoms with Gasteiger partial charge in [0.25, 0.3) is 5.91 Å². The van der Waals surface area contributed by atoms with E-state index in [0.29, 0.717) is 24.8 Å². The van der Waals surface area contributed by atoms with E-state index in [-0.39, 0.29) is 41.9 Å². The number of carbonyl (C=O) groups is 2. The number of ether oxygens (including phenoxy) is 1. The van der Waals surface area contributed by atoms with Gasteiger partial charge in [-0.25, -0.2) is 4.39 Å². The number of fused-ring (bicyclic) bond motifs is 4. The molecule has 234 valence electrons. The van der Waals surface area contributed by atoms with Gasteiger partial charge in [-0.15, -0.1) is 0 Å². The molecule has 1 amide bonds. The van der Waals surface area contributed by atoms with Gasteiger partial charge in [-0.3, -0.25) is 14.6 Å². The summed E-state index contributed by atoms with van der Waals surface area (Å²) < 4.78 is 23.0. The Morgan fingerprint density at radius 1 is 1.12 bits per heavy atom. The quantitative estimate of drug-likeness (QED) is 0.464. The van der Waals surface area contributed by atoms with Crippen LogP contribution >= 0.6 is 0 Å². The SMILES string of the molecule is CN(CCc1ccccn1)C(=O)C1=CN2C3C(CCC4CCCCC43)OC3C(NCCN4CCCC4)C(F)CC(C1=O)C32. The molecule has 8 nitrogen and oxygen atoms in total. The lowest BCUT2D eigenvalue weighted by Gasteiger charge is -2.62. The van der Waals surface area contributed by atoms with Gasteiger partial charge in [0.2, 0.25) is 0 Å². The number of hydrogen-bond acceptors (Lipinski definition) is 7. The second-order valence-corrected chi connectivity index (χ2v) is 13.9. The second kappa shape index (κ2) is 12.6. The van der Waals surface area contributed by atoms with Crippen molar-refractivity contribution in [3.05, 3.63) is 41.9 Å². The number of hydrogen-bond donors (Lipinski definition) is 1. The van der Waals surface area contributed by atoms with Gasteiger partial charge in [-0.1, -0.05) is 25.3 Å². The number of aromatic nitrogens is 1. The number of likely N-dealkylation sites (N-methyl/N-ethyl adjacent to an activating group) is 1. The first-order valence-electron chi connectivity index (χ1n) is 16.9. The fourth-order valence-corrected chi connectivity index (χ4v) is 9.33.